The van der Waals surface area contributed by atoms with Crippen molar-refractivity contribution in [3.63, 3.8) is 0 Å². The molecule has 0 fully saturated rings. The molecule has 2 N–H and O–H groups in total. The fourth-order valence-corrected chi connectivity index (χ4v) is 2.55. The molecule has 0 saturated carbocycles. The van der Waals surface area contributed by atoms with Gasteiger partial charge in [-0.1, -0.05) is 11.3 Å². The van der Waals surface area contributed by atoms with Crippen molar-refractivity contribution in [2.45, 2.75) is 0 Å². The smallest absolute Gasteiger partial charge is 0.315 e. The summed E-state index contributed by atoms with van der Waals surface area (Å²) in [5.74, 6) is 0.384. The van der Waals surface area contributed by atoms with E-state index in [9.17, 15) is 10.0 Å². The molecule has 96 valence electrons. The van der Waals surface area contributed by atoms with Crippen LogP contribution in [0, 0.1) is 5.21 Å². The lowest BCUT2D eigenvalue weighted by Crippen LogP contribution is -2.99. The zero-order valence-corrected chi connectivity index (χ0v) is 10.3. The van der Waals surface area contributed by atoms with Crippen LogP contribution in [-0.2, 0) is 0 Å². The molecule has 0 saturated heterocycles. The van der Waals surface area contributed by atoms with E-state index in [1.54, 1.807) is 18.3 Å². The van der Waals surface area contributed by atoms with Gasteiger partial charge in [-0.15, -0.1) is 0 Å². The van der Waals surface area contributed by atoms with Gasteiger partial charge in [-0.2, -0.15) is 5.23 Å². The third-order valence-electron chi connectivity index (χ3n) is 2.58. The van der Waals surface area contributed by atoms with E-state index in [1.165, 1.54) is 22.9 Å². The standard InChI is InChI=1S/C11H8N4O3S/c16-11-14(8-2-1-5-12-10(8)19-11)9-4-3-7(6-13-9)15(17)18/h1-6,15,17H. The predicted octanol–water partition coefficient (Wildman–Crippen LogP) is 0.246. The maximum absolute atomic E-state index is 11.9. The lowest BCUT2D eigenvalue weighted by Gasteiger charge is -2.11. The lowest BCUT2D eigenvalue weighted by atomic mass is 10.4. The van der Waals surface area contributed by atoms with Crippen molar-refractivity contribution in [3.8, 4) is 5.82 Å². The molecule has 0 bridgehead atoms. The van der Waals surface area contributed by atoms with Gasteiger partial charge in [0, 0.05) is 12.3 Å². The summed E-state index contributed by atoms with van der Waals surface area (Å²) in [5.41, 5.74) is 0.738. The normalized spacial score (nSPS) is 12.7. The van der Waals surface area contributed by atoms with Crippen molar-refractivity contribution >= 4 is 27.4 Å². The first-order chi connectivity index (χ1) is 9.16. The second kappa shape index (κ2) is 4.52. The van der Waals surface area contributed by atoms with E-state index in [4.69, 9.17) is 5.21 Å². The number of nitrogens with one attached hydrogen (secondary N) is 1. The number of thiazole rings is 1. The quantitative estimate of drug-likeness (QED) is 0.654. The van der Waals surface area contributed by atoms with Gasteiger partial charge in [-0.05, 0) is 18.2 Å². The Kier molecular flexibility index (Phi) is 2.84. The number of nitrogens with zero attached hydrogens (tertiary/aromatic N) is 3. The number of aromatic nitrogens is 3. The number of fused-ring (bicyclic) bond motifs is 1. The largest absolute Gasteiger partial charge is 0.595 e. The highest BCUT2D eigenvalue weighted by Gasteiger charge is 2.11. The van der Waals surface area contributed by atoms with Gasteiger partial charge in [0.05, 0.1) is 11.7 Å². The van der Waals surface area contributed by atoms with Gasteiger partial charge < -0.3 is 5.21 Å². The molecule has 0 aliphatic carbocycles. The molecule has 0 radical (unpaired) electrons. The van der Waals surface area contributed by atoms with Gasteiger partial charge >= 0.3 is 4.87 Å². The average molecular weight is 276 g/mol. The van der Waals surface area contributed by atoms with Crippen LogP contribution in [0.1, 0.15) is 0 Å². The molecule has 8 heteroatoms. The number of pyridine rings is 2. The van der Waals surface area contributed by atoms with Crippen molar-refractivity contribution in [3.05, 3.63) is 51.5 Å². The van der Waals surface area contributed by atoms with Gasteiger partial charge in [-0.3, -0.25) is 4.79 Å². The van der Waals surface area contributed by atoms with Crippen LogP contribution in [0.3, 0.4) is 0 Å². The van der Waals surface area contributed by atoms with Crippen LogP contribution in [0.15, 0.2) is 41.5 Å². The van der Waals surface area contributed by atoms with Gasteiger partial charge in [0.2, 0.25) is 0 Å². The third-order valence-corrected chi connectivity index (χ3v) is 3.45. The molecular formula is C11H8N4O3S. The molecule has 3 aromatic heterocycles. The van der Waals surface area contributed by atoms with Crippen LogP contribution in [0.4, 0.5) is 5.69 Å². The number of rotatable bonds is 2. The zero-order chi connectivity index (χ0) is 13.4. The molecule has 1 unspecified atom stereocenters. The molecule has 3 heterocycles. The van der Waals surface area contributed by atoms with E-state index in [1.807, 2.05) is 0 Å². The van der Waals surface area contributed by atoms with Crippen molar-refractivity contribution in [1.29, 1.82) is 0 Å². The second-order valence-electron chi connectivity index (χ2n) is 3.74. The second-order valence-corrected chi connectivity index (χ2v) is 4.68. The minimum atomic E-state index is -1.05. The number of quaternary nitrogens is 1. The maximum atomic E-state index is 11.9. The Labute approximate surface area is 110 Å². The van der Waals surface area contributed by atoms with Crippen LogP contribution < -0.4 is 10.1 Å². The summed E-state index contributed by atoms with van der Waals surface area (Å²) in [7, 11) is 0. The van der Waals surface area contributed by atoms with Crippen molar-refractivity contribution in [2.24, 2.45) is 0 Å². The summed E-state index contributed by atoms with van der Waals surface area (Å²) < 4.78 is 1.42. The molecule has 19 heavy (non-hydrogen) atoms. The first-order valence-electron chi connectivity index (χ1n) is 5.33. The van der Waals surface area contributed by atoms with Crippen LogP contribution in [0.25, 0.3) is 16.2 Å². The van der Waals surface area contributed by atoms with Crippen LogP contribution in [-0.4, -0.2) is 19.7 Å². The van der Waals surface area contributed by atoms with E-state index in [0.29, 0.717) is 16.2 Å². The highest BCUT2D eigenvalue weighted by molar-refractivity contribution is 7.16. The summed E-state index contributed by atoms with van der Waals surface area (Å²) in [6.07, 6.45) is 2.84. The zero-order valence-electron chi connectivity index (χ0n) is 9.48. The minimum Gasteiger partial charge on any atom is -0.595 e. The Hall–Kier alpha value is -2.13. The Morgan fingerprint density at radius 1 is 1.32 bits per heavy atom. The molecule has 3 aromatic rings. The Balaban J connectivity index is 2.19. The molecule has 0 amide bonds. The first-order valence-corrected chi connectivity index (χ1v) is 6.15. The van der Waals surface area contributed by atoms with Gasteiger partial charge in [0.25, 0.3) is 0 Å². The molecule has 3 rings (SSSR count). The fourth-order valence-electron chi connectivity index (χ4n) is 1.72. The monoisotopic (exact) mass is 276 g/mol. The molecule has 0 aromatic carbocycles. The highest BCUT2D eigenvalue weighted by atomic mass is 32.1. The molecular weight excluding hydrogens is 268 g/mol. The third kappa shape index (κ3) is 2.02. The molecule has 0 spiro atoms. The fraction of sp³-hybridized carbons (Fsp3) is 0. The summed E-state index contributed by atoms with van der Waals surface area (Å²) in [5, 5.41) is 18.5. The predicted molar refractivity (Wildman–Crippen MR) is 68.8 cm³/mol. The average Bonchev–Trinajstić information content (AvgIpc) is 2.74. The van der Waals surface area contributed by atoms with E-state index >= 15 is 0 Å². The van der Waals surface area contributed by atoms with E-state index in [-0.39, 0.29) is 10.6 Å². The minimum absolute atomic E-state index is 0.0782. The molecule has 0 aliphatic heterocycles. The number of hydrogen-bond acceptors (Lipinski definition) is 6. The highest BCUT2D eigenvalue weighted by Crippen LogP contribution is 2.17. The SMILES string of the molecule is O=c1sc2ncccc2n1-c1ccc([NH+]([O-])O)cn1. The topological polar surface area (TPSA) is 95.5 Å². The summed E-state index contributed by atoms with van der Waals surface area (Å²) in [6, 6.07) is 6.42. The maximum Gasteiger partial charge on any atom is 0.315 e. The molecule has 0 aliphatic rings. The van der Waals surface area contributed by atoms with Crippen LogP contribution >= 0.6 is 11.3 Å². The Morgan fingerprint density at radius 2 is 2.16 bits per heavy atom. The van der Waals surface area contributed by atoms with Crippen molar-refractivity contribution in [1.82, 2.24) is 14.5 Å². The molecule has 7 nitrogen and oxygen atoms in total. The van der Waals surface area contributed by atoms with Crippen molar-refractivity contribution < 1.29 is 10.4 Å². The van der Waals surface area contributed by atoms with Gasteiger partial charge in [0.15, 0.2) is 5.69 Å². The Morgan fingerprint density at radius 3 is 2.84 bits per heavy atom. The lowest BCUT2D eigenvalue weighted by molar-refractivity contribution is -0.991. The van der Waals surface area contributed by atoms with Crippen LogP contribution in [0.2, 0.25) is 0 Å². The van der Waals surface area contributed by atoms with Crippen molar-refractivity contribution in [2.75, 3.05) is 0 Å². The first kappa shape index (κ1) is 11.9. The Bertz CT molecular complexity index is 778. The summed E-state index contributed by atoms with van der Waals surface area (Å²) >= 11 is 1.02. The van der Waals surface area contributed by atoms with Gasteiger partial charge in [-0.25, -0.2) is 19.7 Å². The number of hydrogen-bond donors (Lipinski definition) is 2. The van der Waals surface area contributed by atoms with E-state index < -0.39 is 5.23 Å². The van der Waals surface area contributed by atoms with Crippen LogP contribution in [0.5, 0.6) is 0 Å². The molecule has 1 atom stereocenters. The van der Waals surface area contributed by atoms with Gasteiger partial charge in [0.1, 0.15) is 10.6 Å². The van der Waals surface area contributed by atoms with E-state index in [2.05, 4.69) is 9.97 Å². The summed E-state index contributed by atoms with van der Waals surface area (Å²) in [4.78, 5) is 20.5. The van der Waals surface area contributed by atoms with E-state index in [0.717, 1.165) is 11.3 Å². The summed E-state index contributed by atoms with van der Waals surface area (Å²) in [6.45, 7) is 0.